The number of hydrogen-bond acceptors (Lipinski definition) is 9. The summed E-state index contributed by atoms with van der Waals surface area (Å²) in [5.41, 5.74) is 0.321. The van der Waals surface area contributed by atoms with Gasteiger partial charge in [-0.25, -0.2) is 14.6 Å². The normalized spacial score (nSPS) is 15.0. The number of piperazine rings is 1. The smallest absolute Gasteiger partial charge is 0.435 e. The van der Waals surface area contributed by atoms with Gasteiger partial charge in [-0.3, -0.25) is 19.2 Å². The maximum Gasteiger partial charge on any atom is 0.435 e. The molecule has 2 saturated heterocycles. The number of hydrogen-bond donors (Lipinski definition) is 5. The molecule has 4 aromatic rings. The number of anilines is 2. The summed E-state index contributed by atoms with van der Waals surface area (Å²) in [7, 11) is 0. The minimum Gasteiger partial charge on any atom is -0.483 e. The lowest BCUT2D eigenvalue weighted by Crippen LogP contribution is -2.52. The Balaban J connectivity index is 0.00000175. The van der Waals surface area contributed by atoms with Gasteiger partial charge in [-0.2, -0.15) is 18.3 Å². The first-order chi connectivity index (χ1) is 25.4. The number of nitrogens with one attached hydrogen (secondary N) is 4. The summed E-state index contributed by atoms with van der Waals surface area (Å²) in [6, 6.07) is 7.74. The molecule has 0 unspecified atom stereocenters. The third-order valence-corrected chi connectivity index (χ3v) is 8.98. The van der Waals surface area contributed by atoms with Crippen LogP contribution in [0.15, 0.2) is 48.9 Å². The zero-order chi connectivity index (χ0) is 38.1. The number of H-pyrrole nitrogens is 1. The molecule has 3 amide bonds. The highest BCUT2D eigenvalue weighted by Crippen LogP contribution is 2.32. The summed E-state index contributed by atoms with van der Waals surface area (Å²) in [6.45, 7) is 5.67. The quantitative estimate of drug-likeness (QED) is 0.157. The molecule has 53 heavy (non-hydrogen) atoms. The van der Waals surface area contributed by atoms with Gasteiger partial charge < -0.3 is 35.8 Å². The van der Waals surface area contributed by atoms with Crippen LogP contribution in [0.25, 0.3) is 5.82 Å². The predicted molar refractivity (Wildman–Crippen MR) is 188 cm³/mol. The first-order valence-electron chi connectivity index (χ1n) is 16.8. The van der Waals surface area contributed by atoms with E-state index in [2.05, 4.69) is 36.0 Å². The molecule has 1 aromatic carbocycles. The predicted octanol–water partition coefficient (Wildman–Crippen LogP) is 3.92. The Labute approximate surface area is 306 Å². The van der Waals surface area contributed by atoms with Crippen LogP contribution < -0.4 is 16.0 Å². The fourth-order valence-electron chi connectivity index (χ4n) is 6.08. The molecule has 5 N–H and O–H groups in total. The van der Waals surface area contributed by atoms with Crippen molar-refractivity contribution < 1.29 is 37.5 Å². The van der Waals surface area contributed by atoms with E-state index in [1.54, 1.807) is 17.0 Å². The Morgan fingerprint density at radius 3 is 2.32 bits per heavy atom. The van der Waals surface area contributed by atoms with Crippen molar-refractivity contribution in [2.24, 2.45) is 5.92 Å². The van der Waals surface area contributed by atoms with Gasteiger partial charge in [-0.05, 0) is 63.2 Å². The maximum absolute atomic E-state index is 13.9. The van der Waals surface area contributed by atoms with Crippen molar-refractivity contribution in [3.05, 3.63) is 82.3 Å². The highest BCUT2D eigenvalue weighted by atomic mass is 35.5. The van der Waals surface area contributed by atoms with Crippen molar-refractivity contribution in [1.29, 1.82) is 0 Å². The van der Waals surface area contributed by atoms with E-state index >= 15 is 0 Å². The van der Waals surface area contributed by atoms with Gasteiger partial charge in [0.2, 0.25) is 5.91 Å². The SMILES string of the molecule is CCNc1ccc(-n2cc(Cc3cnc(C(=O)Nc4ccc(C(=O)N5CCN(C(=O)C6CCNCC6)CC5)c(Cl)c4)[nH]3)c(C(F)(F)F)n2)nc1.O=CO. The van der Waals surface area contributed by atoms with Gasteiger partial charge in [-0.1, -0.05) is 11.6 Å². The molecule has 6 rings (SSSR count). The molecular weight excluding hydrogens is 721 g/mol. The second-order valence-electron chi connectivity index (χ2n) is 12.2. The van der Waals surface area contributed by atoms with E-state index in [9.17, 15) is 27.6 Å². The molecule has 5 heterocycles. The number of pyridine rings is 1. The molecule has 2 aliphatic rings. The van der Waals surface area contributed by atoms with Crippen LogP contribution in [0.3, 0.4) is 0 Å². The minimum absolute atomic E-state index is 0.0193. The summed E-state index contributed by atoms with van der Waals surface area (Å²) < 4.78 is 42.8. The van der Waals surface area contributed by atoms with Crippen LogP contribution in [0.2, 0.25) is 5.02 Å². The lowest BCUT2D eigenvalue weighted by Gasteiger charge is -2.37. The van der Waals surface area contributed by atoms with E-state index in [1.807, 2.05) is 11.8 Å². The zero-order valence-electron chi connectivity index (χ0n) is 28.6. The van der Waals surface area contributed by atoms with Gasteiger partial charge in [0.05, 0.1) is 22.5 Å². The molecule has 0 spiro atoms. The van der Waals surface area contributed by atoms with E-state index in [-0.39, 0.29) is 64.1 Å². The number of carbonyl (C=O) groups excluding carboxylic acids is 3. The van der Waals surface area contributed by atoms with Gasteiger partial charge in [-0.15, -0.1) is 0 Å². The molecule has 19 heteroatoms. The van der Waals surface area contributed by atoms with E-state index in [0.29, 0.717) is 38.4 Å². The summed E-state index contributed by atoms with van der Waals surface area (Å²) >= 11 is 6.47. The average molecular weight is 759 g/mol. The largest absolute Gasteiger partial charge is 0.483 e. The number of halogens is 4. The number of carboxylic acid groups (broad SMARTS) is 1. The van der Waals surface area contributed by atoms with Gasteiger partial charge in [0.25, 0.3) is 18.3 Å². The van der Waals surface area contributed by atoms with E-state index < -0.39 is 17.8 Å². The molecule has 3 aromatic heterocycles. The lowest BCUT2D eigenvalue weighted by molar-refractivity contribution is -0.142. The molecule has 282 valence electrons. The number of carbonyl (C=O) groups is 4. The summed E-state index contributed by atoms with van der Waals surface area (Å²) in [4.78, 5) is 62.0. The van der Waals surface area contributed by atoms with E-state index in [4.69, 9.17) is 21.5 Å². The van der Waals surface area contributed by atoms with Crippen LogP contribution >= 0.6 is 11.6 Å². The number of imidazole rings is 1. The standard InChI is InChI=1S/C33H36ClF3N10O3.CH2O2/c1-2-39-23-4-6-27(40-17-23)47-19-21(28(44-47)33(35,36)37)15-24-18-41-29(42-24)30(48)43-22-3-5-25(26(34)16-22)32(50)46-13-11-45(12-14-46)31(49)20-7-9-38-10-8-20;2-1-3/h3-6,16-20,38-39H,2,7-15H2,1H3,(H,41,42)(H,43,48);1H,(H,2,3). The van der Waals surface area contributed by atoms with Crippen LogP contribution in [0.1, 0.15) is 57.7 Å². The van der Waals surface area contributed by atoms with Crippen molar-refractivity contribution in [3.63, 3.8) is 0 Å². The zero-order valence-corrected chi connectivity index (χ0v) is 29.4. The van der Waals surface area contributed by atoms with Crippen LogP contribution in [0.4, 0.5) is 24.5 Å². The van der Waals surface area contributed by atoms with Gasteiger partial charge >= 0.3 is 6.18 Å². The van der Waals surface area contributed by atoms with Crippen LogP contribution in [-0.4, -0.2) is 110 Å². The molecular formula is C34H38ClF3N10O5. The number of amides is 3. The molecule has 0 bridgehead atoms. The topological polar surface area (TPSA) is 190 Å². The minimum atomic E-state index is -4.72. The average Bonchev–Trinajstić information content (AvgIpc) is 3.81. The third kappa shape index (κ3) is 9.69. The number of rotatable bonds is 9. The molecule has 2 fully saturated rings. The molecule has 15 nitrogen and oxygen atoms in total. The molecule has 2 aliphatic heterocycles. The van der Waals surface area contributed by atoms with Crippen molar-refractivity contribution in [2.75, 3.05) is 56.4 Å². The Morgan fingerprint density at radius 2 is 1.70 bits per heavy atom. The molecule has 0 aliphatic carbocycles. The maximum atomic E-state index is 13.9. The first kappa shape index (κ1) is 38.7. The fraction of sp³-hybridized carbons (Fsp3) is 0.382. The number of aromatic amines is 1. The van der Waals surface area contributed by atoms with Gasteiger partial charge in [0.15, 0.2) is 17.3 Å². The fourth-order valence-corrected chi connectivity index (χ4v) is 6.34. The molecule has 0 radical (unpaired) electrons. The van der Waals surface area contributed by atoms with Crippen molar-refractivity contribution in [1.82, 2.24) is 39.8 Å². The Morgan fingerprint density at radius 1 is 1.02 bits per heavy atom. The third-order valence-electron chi connectivity index (χ3n) is 8.67. The Bertz CT molecular complexity index is 1900. The van der Waals surface area contributed by atoms with Crippen LogP contribution in [-0.2, 0) is 22.2 Å². The number of alkyl halides is 3. The Kier molecular flexibility index (Phi) is 12.7. The monoisotopic (exact) mass is 758 g/mol. The summed E-state index contributed by atoms with van der Waals surface area (Å²) in [6.07, 6.45) is 0.721. The highest BCUT2D eigenvalue weighted by Gasteiger charge is 2.37. The van der Waals surface area contributed by atoms with E-state index in [0.717, 1.165) is 36.3 Å². The molecule has 0 saturated carbocycles. The van der Waals surface area contributed by atoms with Crippen LogP contribution in [0, 0.1) is 5.92 Å². The van der Waals surface area contributed by atoms with Gasteiger partial charge in [0, 0.05) is 74.4 Å². The van der Waals surface area contributed by atoms with Crippen molar-refractivity contribution in [2.45, 2.75) is 32.4 Å². The number of nitrogens with zero attached hydrogens (tertiary/aromatic N) is 6. The summed E-state index contributed by atoms with van der Waals surface area (Å²) in [5, 5.41) is 19.7. The van der Waals surface area contributed by atoms with Gasteiger partial charge in [0.1, 0.15) is 0 Å². The second kappa shape index (κ2) is 17.4. The van der Waals surface area contributed by atoms with E-state index in [1.165, 1.54) is 36.8 Å². The van der Waals surface area contributed by atoms with Crippen molar-refractivity contribution in [3.8, 4) is 5.82 Å². The second-order valence-corrected chi connectivity index (χ2v) is 12.6. The number of piperidine rings is 1. The first-order valence-corrected chi connectivity index (χ1v) is 17.2. The van der Waals surface area contributed by atoms with Crippen molar-refractivity contribution >= 4 is 47.2 Å². The summed E-state index contributed by atoms with van der Waals surface area (Å²) in [5.74, 6) is -0.692. The number of benzene rings is 1. The van der Waals surface area contributed by atoms with Crippen LogP contribution in [0.5, 0.6) is 0 Å². The Hall–Kier alpha value is -5.49. The lowest BCUT2D eigenvalue weighted by atomic mass is 9.96. The number of aromatic nitrogens is 5. The highest BCUT2D eigenvalue weighted by molar-refractivity contribution is 6.34. The molecule has 0 atom stereocenters.